The van der Waals surface area contributed by atoms with Crippen molar-refractivity contribution >= 4 is 11.8 Å². The fraction of sp³-hybridized carbons (Fsp3) is 0.500. The summed E-state index contributed by atoms with van der Waals surface area (Å²) in [6, 6.07) is 3.83. The molecule has 0 aliphatic heterocycles. The second-order valence-corrected chi connectivity index (χ2v) is 5.71. The summed E-state index contributed by atoms with van der Waals surface area (Å²) in [7, 11) is 1.98. The lowest BCUT2D eigenvalue weighted by molar-refractivity contribution is 0.296. The largest absolute Gasteiger partial charge is 0.467 e. The van der Waals surface area contributed by atoms with Crippen molar-refractivity contribution in [3.05, 3.63) is 42.4 Å². The number of furan rings is 1. The van der Waals surface area contributed by atoms with Gasteiger partial charge < -0.3 is 19.4 Å². The highest BCUT2D eigenvalue weighted by Gasteiger charge is 2.19. The predicted molar refractivity (Wildman–Crippen MR) is 80.8 cm³/mol. The Kier molecular flexibility index (Phi) is 6.17. The Morgan fingerprint density at radius 2 is 2.40 bits per heavy atom. The second-order valence-electron chi connectivity index (χ2n) is 4.49. The van der Waals surface area contributed by atoms with Crippen molar-refractivity contribution in [3.8, 4) is 0 Å². The molecule has 2 N–H and O–H groups in total. The number of hydrogen-bond donors (Lipinski definition) is 2. The van der Waals surface area contributed by atoms with Crippen LogP contribution in [-0.4, -0.2) is 39.3 Å². The van der Waals surface area contributed by atoms with Crippen LogP contribution in [0.4, 0.5) is 0 Å². The zero-order chi connectivity index (χ0) is 14.2. The van der Waals surface area contributed by atoms with E-state index in [1.165, 1.54) is 0 Å². The first-order chi connectivity index (χ1) is 9.83. The molecule has 20 heavy (non-hydrogen) atoms. The number of nitrogens with zero attached hydrogens (tertiary/aromatic N) is 2. The van der Waals surface area contributed by atoms with Crippen LogP contribution in [-0.2, 0) is 7.05 Å². The molecule has 0 aliphatic rings. The van der Waals surface area contributed by atoms with E-state index < -0.39 is 0 Å². The van der Waals surface area contributed by atoms with Gasteiger partial charge in [0.2, 0.25) is 0 Å². The highest BCUT2D eigenvalue weighted by atomic mass is 32.2. The first-order valence-corrected chi connectivity index (χ1v) is 7.91. The van der Waals surface area contributed by atoms with Gasteiger partial charge in [0, 0.05) is 38.3 Å². The normalized spacial score (nSPS) is 12.7. The van der Waals surface area contributed by atoms with Gasteiger partial charge in [-0.3, -0.25) is 0 Å². The van der Waals surface area contributed by atoms with Crippen LogP contribution in [0.15, 0.2) is 35.2 Å². The number of aliphatic hydroxyl groups is 1. The number of rotatable bonds is 9. The van der Waals surface area contributed by atoms with Gasteiger partial charge in [-0.05, 0) is 24.3 Å². The van der Waals surface area contributed by atoms with Gasteiger partial charge in [-0.1, -0.05) is 0 Å². The topological polar surface area (TPSA) is 63.2 Å². The molecule has 0 aliphatic carbocycles. The maximum absolute atomic E-state index is 8.74. The molecule has 110 valence electrons. The molecule has 0 aromatic carbocycles. The van der Waals surface area contributed by atoms with Gasteiger partial charge in [0.1, 0.15) is 17.6 Å². The van der Waals surface area contributed by atoms with E-state index in [1.807, 2.05) is 41.7 Å². The number of aliphatic hydroxyl groups excluding tert-OH is 1. The van der Waals surface area contributed by atoms with Crippen molar-refractivity contribution in [1.29, 1.82) is 0 Å². The summed E-state index contributed by atoms with van der Waals surface area (Å²) >= 11 is 1.84. The van der Waals surface area contributed by atoms with E-state index in [4.69, 9.17) is 9.52 Å². The van der Waals surface area contributed by atoms with Crippen LogP contribution in [0, 0.1) is 0 Å². The number of aryl methyl sites for hydroxylation is 1. The fourth-order valence-electron chi connectivity index (χ4n) is 1.97. The molecule has 2 rings (SSSR count). The molecular formula is C14H21N3O2S. The molecule has 2 aromatic rings. The van der Waals surface area contributed by atoms with Crippen LogP contribution in [0.5, 0.6) is 0 Å². The van der Waals surface area contributed by atoms with E-state index in [2.05, 4.69) is 10.3 Å². The Balaban J connectivity index is 1.90. The lowest BCUT2D eigenvalue weighted by Gasteiger charge is -2.16. The zero-order valence-corrected chi connectivity index (χ0v) is 12.5. The molecule has 0 saturated heterocycles. The van der Waals surface area contributed by atoms with E-state index in [-0.39, 0.29) is 12.6 Å². The summed E-state index contributed by atoms with van der Waals surface area (Å²) < 4.78 is 7.51. The van der Waals surface area contributed by atoms with Gasteiger partial charge in [-0.15, -0.1) is 0 Å². The summed E-state index contributed by atoms with van der Waals surface area (Å²) in [5, 5.41) is 12.2. The molecule has 0 radical (unpaired) electrons. The van der Waals surface area contributed by atoms with Crippen LogP contribution in [0.1, 0.15) is 24.0 Å². The molecule has 0 saturated carbocycles. The Labute approximate surface area is 123 Å². The number of thioether (sulfide) groups is 1. The molecule has 1 unspecified atom stereocenters. The molecule has 0 amide bonds. The number of hydrogen-bond acceptors (Lipinski definition) is 5. The van der Waals surface area contributed by atoms with Gasteiger partial charge >= 0.3 is 0 Å². The van der Waals surface area contributed by atoms with Crippen LogP contribution >= 0.6 is 11.8 Å². The van der Waals surface area contributed by atoms with Gasteiger partial charge in [0.25, 0.3) is 0 Å². The highest BCUT2D eigenvalue weighted by Crippen LogP contribution is 2.20. The third-order valence-electron chi connectivity index (χ3n) is 2.99. The minimum Gasteiger partial charge on any atom is -0.467 e. The third kappa shape index (κ3) is 4.13. The Morgan fingerprint density at radius 1 is 1.50 bits per heavy atom. The van der Waals surface area contributed by atoms with Crippen LogP contribution in [0.3, 0.4) is 0 Å². The van der Waals surface area contributed by atoms with Crippen molar-refractivity contribution in [2.24, 2.45) is 7.05 Å². The quantitative estimate of drug-likeness (QED) is 0.691. The standard InChI is InChI=1S/C14H21N3O2S/c1-17-7-5-16-14(17)13(12-4-2-9-19-12)15-6-11-20-10-3-8-18/h2,4-5,7,9,13,15,18H,3,6,8,10-11H2,1H3. The first-order valence-electron chi connectivity index (χ1n) is 6.75. The summed E-state index contributed by atoms with van der Waals surface area (Å²) in [5.41, 5.74) is 0. The summed E-state index contributed by atoms with van der Waals surface area (Å²) in [6.45, 7) is 1.14. The maximum atomic E-state index is 8.74. The minimum atomic E-state index is -0.0246. The predicted octanol–water partition coefficient (Wildman–Crippen LogP) is 1.81. The molecule has 2 aromatic heterocycles. The Morgan fingerprint density at radius 3 is 3.05 bits per heavy atom. The molecular weight excluding hydrogens is 274 g/mol. The average Bonchev–Trinajstić information content (AvgIpc) is 3.10. The van der Waals surface area contributed by atoms with E-state index in [9.17, 15) is 0 Å². The van der Waals surface area contributed by atoms with E-state index in [0.29, 0.717) is 0 Å². The van der Waals surface area contributed by atoms with E-state index in [0.717, 1.165) is 36.1 Å². The van der Waals surface area contributed by atoms with E-state index in [1.54, 1.807) is 12.5 Å². The van der Waals surface area contributed by atoms with Gasteiger partial charge in [0.15, 0.2) is 0 Å². The Bertz CT molecular complexity index is 484. The van der Waals surface area contributed by atoms with Crippen molar-refractivity contribution < 1.29 is 9.52 Å². The van der Waals surface area contributed by atoms with Crippen LogP contribution in [0.25, 0.3) is 0 Å². The minimum absolute atomic E-state index is 0.0246. The molecule has 6 heteroatoms. The van der Waals surface area contributed by atoms with Crippen LogP contribution in [0.2, 0.25) is 0 Å². The lowest BCUT2D eigenvalue weighted by atomic mass is 10.2. The maximum Gasteiger partial charge on any atom is 0.133 e. The van der Waals surface area contributed by atoms with Gasteiger partial charge in [0.05, 0.1) is 6.26 Å². The molecule has 5 nitrogen and oxygen atoms in total. The molecule has 1 atom stereocenters. The van der Waals surface area contributed by atoms with Crippen molar-refractivity contribution in [3.63, 3.8) is 0 Å². The highest BCUT2D eigenvalue weighted by molar-refractivity contribution is 7.99. The summed E-state index contributed by atoms with van der Waals surface area (Å²) in [5.74, 6) is 3.81. The average molecular weight is 295 g/mol. The lowest BCUT2D eigenvalue weighted by Crippen LogP contribution is -2.26. The molecule has 0 bridgehead atoms. The van der Waals surface area contributed by atoms with Gasteiger partial charge in [-0.2, -0.15) is 11.8 Å². The monoisotopic (exact) mass is 295 g/mol. The van der Waals surface area contributed by atoms with Crippen molar-refractivity contribution in [2.45, 2.75) is 12.5 Å². The number of imidazole rings is 1. The summed E-state index contributed by atoms with van der Waals surface area (Å²) in [6.07, 6.45) is 6.26. The van der Waals surface area contributed by atoms with E-state index >= 15 is 0 Å². The second kappa shape index (κ2) is 8.14. The summed E-state index contributed by atoms with van der Waals surface area (Å²) in [4.78, 5) is 4.40. The van der Waals surface area contributed by atoms with Crippen molar-refractivity contribution in [2.75, 3.05) is 24.7 Å². The van der Waals surface area contributed by atoms with Crippen LogP contribution < -0.4 is 5.32 Å². The number of aromatic nitrogens is 2. The third-order valence-corrected chi connectivity index (χ3v) is 4.06. The van der Waals surface area contributed by atoms with Crippen molar-refractivity contribution in [1.82, 2.24) is 14.9 Å². The first kappa shape index (κ1) is 15.2. The Hall–Kier alpha value is -1.24. The number of nitrogens with one attached hydrogen (secondary N) is 1. The smallest absolute Gasteiger partial charge is 0.133 e. The molecule has 0 fully saturated rings. The zero-order valence-electron chi connectivity index (χ0n) is 11.7. The SMILES string of the molecule is Cn1ccnc1C(NCCSCCCO)c1ccco1. The molecule has 0 spiro atoms. The van der Waals surface area contributed by atoms with Gasteiger partial charge in [-0.25, -0.2) is 4.98 Å². The molecule has 2 heterocycles. The fourth-order valence-corrected chi connectivity index (χ4v) is 2.77.